The van der Waals surface area contributed by atoms with Crippen LogP contribution in [-0.4, -0.2) is 14.4 Å². The summed E-state index contributed by atoms with van der Waals surface area (Å²) in [4.78, 5) is 10.5. The zero-order chi connectivity index (χ0) is 30.9. The second kappa shape index (κ2) is 10.1. The van der Waals surface area contributed by atoms with E-state index in [4.69, 9.17) is 9.97 Å². The van der Waals surface area contributed by atoms with Crippen LogP contribution in [0.4, 0.5) is 0 Å². The van der Waals surface area contributed by atoms with E-state index in [0.717, 1.165) is 44.4 Å². The van der Waals surface area contributed by atoms with E-state index in [1.54, 1.807) is 0 Å². The zero-order valence-corrected chi connectivity index (χ0v) is 25.4. The molecular weight excluding hydrogens is 571 g/mol. The minimum absolute atomic E-state index is 0.912. The highest BCUT2D eigenvalue weighted by Crippen LogP contribution is 2.46. The molecule has 10 rings (SSSR count). The van der Waals surface area contributed by atoms with Crippen LogP contribution >= 0.6 is 0 Å². The Hall–Kier alpha value is -6.32. The Labute approximate surface area is 271 Å². The molecule has 0 fully saturated rings. The number of benzene rings is 7. The van der Waals surface area contributed by atoms with Crippen molar-refractivity contribution in [1.82, 2.24) is 14.4 Å². The molecule has 0 saturated carbocycles. The molecule has 3 nitrogen and oxygen atoms in total. The van der Waals surface area contributed by atoms with Gasteiger partial charge >= 0.3 is 0 Å². The van der Waals surface area contributed by atoms with Gasteiger partial charge in [-0.15, -0.1) is 0 Å². The normalized spacial score (nSPS) is 11.8. The van der Waals surface area contributed by atoms with E-state index in [1.165, 1.54) is 49.0 Å². The average Bonchev–Trinajstić information content (AvgIpc) is 3.54. The maximum Gasteiger partial charge on any atom is 0.137 e. The van der Waals surface area contributed by atoms with Gasteiger partial charge in [0.15, 0.2) is 0 Å². The van der Waals surface area contributed by atoms with E-state index in [0.29, 0.717) is 0 Å². The first kappa shape index (κ1) is 26.0. The first-order chi connectivity index (χ1) is 23.3. The molecule has 0 amide bonds. The summed E-state index contributed by atoms with van der Waals surface area (Å²) in [7, 11) is 0. The van der Waals surface area contributed by atoms with Crippen molar-refractivity contribution >= 4 is 59.9 Å². The van der Waals surface area contributed by atoms with Gasteiger partial charge in [-0.25, -0.2) is 9.97 Å². The van der Waals surface area contributed by atoms with Crippen LogP contribution in [-0.2, 0) is 0 Å². The van der Waals surface area contributed by atoms with Crippen molar-refractivity contribution in [3.8, 4) is 33.5 Å². The number of hydrogen-bond donors (Lipinski definition) is 0. The molecule has 47 heavy (non-hydrogen) atoms. The van der Waals surface area contributed by atoms with Gasteiger partial charge in [0.2, 0.25) is 0 Å². The molecule has 0 aliphatic heterocycles. The van der Waals surface area contributed by atoms with Gasteiger partial charge in [0.1, 0.15) is 11.2 Å². The smallest absolute Gasteiger partial charge is 0.137 e. The molecule has 0 bridgehead atoms. The topological polar surface area (TPSA) is 30.2 Å². The second-order valence-electron chi connectivity index (χ2n) is 12.2. The average molecular weight is 598 g/mol. The van der Waals surface area contributed by atoms with Crippen LogP contribution in [0.2, 0.25) is 0 Å². The van der Waals surface area contributed by atoms with E-state index in [2.05, 4.69) is 156 Å². The van der Waals surface area contributed by atoms with Gasteiger partial charge in [-0.3, -0.25) is 4.40 Å². The molecule has 0 spiro atoms. The number of fused-ring (bicyclic) bond motifs is 8. The van der Waals surface area contributed by atoms with Crippen molar-refractivity contribution in [1.29, 1.82) is 0 Å². The number of hydrogen-bond acceptors (Lipinski definition) is 2. The maximum absolute atomic E-state index is 5.28. The summed E-state index contributed by atoms with van der Waals surface area (Å²) in [6.45, 7) is 0. The highest BCUT2D eigenvalue weighted by molar-refractivity contribution is 6.24. The first-order valence-corrected chi connectivity index (χ1v) is 16.0. The quantitative estimate of drug-likeness (QED) is 0.190. The summed E-state index contributed by atoms with van der Waals surface area (Å²) >= 11 is 0. The van der Waals surface area contributed by atoms with Crippen molar-refractivity contribution in [2.24, 2.45) is 0 Å². The molecule has 0 radical (unpaired) electrons. The van der Waals surface area contributed by atoms with E-state index in [1.807, 2.05) is 12.1 Å². The van der Waals surface area contributed by atoms with Crippen LogP contribution in [0.3, 0.4) is 0 Å². The van der Waals surface area contributed by atoms with Gasteiger partial charge < -0.3 is 0 Å². The highest BCUT2D eigenvalue weighted by atomic mass is 15.0. The minimum Gasteiger partial charge on any atom is -0.298 e. The maximum atomic E-state index is 5.28. The Bertz CT molecular complexity index is 2780. The van der Waals surface area contributed by atoms with E-state index >= 15 is 0 Å². The third-order valence-electron chi connectivity index (χ3n) is 9.56. The van der Waals surface area contributed by atoms with Crippen LogP contribution < -0.4 is 0 Å². The van der Waals surface area contributed by atoms with Crippen LogP contribution in [0.25, 0.3) is 93.4 Å². The van der Waals surface area contributed by atoms with Crippen molar-refractivity contribution in [3.05, 3.63) is 164 Å². The highest BCUT2D eigenvalue weighted by Gasteiger charge is 2.20. The van der Waals surface area contributed by atoms with Gasteiger partial charge in [0, 0.05) is 17.1 Å². The number of pyridine rings is 2. The predicted molar refractivity (Wildman–Crippen MR) is 197 cm³/mol. The molecular formula is C44H27N3. The van der Waals surface area contributed by atoms with Gasteiger partial charge in [0.25, 0.3) is 0 Å². The predicted octanol–water partition coefficient (Wildman–Crippen LogP) is 11.5. The molecule has 3 aromatic heterocycles. The van der Waals surface area contributed by atoms with Crippen LogP contribution in [0.15, 0.2) is 164 Å². The third-order valence-corrected chi connectivity index (χ3v) is 9.56. The largest absolute Gasteiger partial charge is 0.298 e. The second-order valence-corrected chi connectivity index (χ2v) is 12.2. The Morgan fingerprint density at radius 3 is 1.83 bits per heavy atom. The fraction of sp³-hybridized carbons (Fsp3) is 0. The molecule has 0 atom stereocenters. The Morgan fingerprint density at radius 2 is 1.06 bits per heavy atom. The van der Waals surface area contributed by atoms with Crippen molar-refractivity contribution in [2.45, 2.75) is 0 Å². The van der Waals surface area contributed by atoms with Crippen LogP contribution in [0, 0.1) is 0 Å². The van der Waals surface area contributed by atoms with Crippen molar-refractivity contribution in [2.75, 3.05) is 0 Å². The van der Waals surface area contributed by atoms with Crippen LogP contribution in [0.1, 0.15) is 0 Å². The third kappa shape index (κ3) is 3.87. The zero-order valence-electron chi connectivity index (χ0n) is 25.4. The lowest BCUT2D eigenvalue weighted by Gasteiger charge is -2.19. The van der Waals surface area contributed by atoms with Crippen molar-refractivity contribution < 1.29 is 0 Å². The molecule has 218 valence electrons. The first-order valence-electron chi connectivity index (χ1n) is 16.0. The van der Waals surface area contributed by atoms with E-state index in [9.17, 15) is 0 Å². The minimum atomic E-state index is 0.912. The fourth-order valence-corrected chi connectivity index (χ4v) is 7.53. The van der Waals surface area contributed by atoms with Gasteiger partial charge in [-0.2, -0.15) is 0 Å². The summed E-state index contributed by atoms with van der Waals surface area (Å²) in [5, 5.41) is 8.50. The van der Waals surface area contributed by atoms with Gasteiger partial charge in [-0.1, -0.05) is 133 Å². The summed E-state index contributed by atoms with van der Waals surface area (Å²) in [5.74, 6) is 0. The number of nitrogens with zero attached hydrogens (tertiary/aromatic N) is 3. The molecule has 7 aromatic carbocycles. The summed E-state index contributed by atoms with van der Waals surface area (Å²) < 4.78 is 2.17. The Balaban J connectivity index is 1.31. The lowest BCUT2D eigenvalue weighted by molar-refractivity contribution is 1.22. The molecule has 0 saturated heterocycles. The lowest BCUT2D eigenvalue weighted by Crippen LogP contribution is -1.94. The van der Waals surface area contributed by atoms with Crippen LogP contribution in [0.5, 0.6) is 0 Å². The lowest BCUT2D eigenvalue weighted by atomic mass is 9.84. The molecule has 0 N–H and O–H groups in total. The monoisotopic (exact) mass is 597 g/mol. The molecule has 10 aromatic rings. The van der Waals surface area contributed by atoms with Gasteiger partial charge in [-0.05, 0) is 78.8 Å². The van der Waals surface area contributed by atoms with E-state index in [-0.39, 0.29) is 0 Å². The number of rotatable bonds is 3. The summed E-state index contributed by atoms with van der Waals surface area (Å²) in [5.41, 5.74) is 10.8. The van der Waals surface area contributed by atoms with Crippen molar-refractivity contribution in [3.63, 3.8) is 0 Å². The standard InChI is InChI=1S/C44H27N3/c1-2-14-29(15-3-1)42-44-43(46-39-23-10-11-26-47(39)44)37-27-30(24-25-38(37)45-42)40-33-18-6-8-20-35(33)41(36-21-9-7-19-34(36)40)32-22-12-16-28-13-4-5-17-31(28)32/h1-27H. The Morgan fingerprint density at radius 1 is 0.426 bits per heavy atom. The summed E-state index contributed by atoms with van der Waals surface area (Å²) in [6.07, 6.45) is 2.08. The number of imidazole rings is 1. The Kier molecular flexibility index (Phi) is 5.57. The van der Waals surface area contributed by atoms with Gasteiger partial charge in [0.05, 0.1) is 16.7 Å². The molecule has 3 heterocycles. The molecule has 3 heteroatoms. The molecule has 0 aliphatic carbocycles. The molecule has 0 aliphatic rings. The summed E-state index contributed by atoms with van der Waals surface area (Å²) in [6, 6.07) is 56.3. The SMILES string of the molecule is c1ccc(-c2nc3ccc(-c4c5ccccc5c(-c5cccc6ccccc56)c5ccccc45)cc3c3nc4ccccn4c23)cc1. The fourth-order valence-electron chi connectivity index (χ4n) is 7.53. The molecule has 0 unspecified atom stereocenters. The number of aromatic nitrogens is 3. The van der Waals surface area contributed by atoms with E-state index < -0.39 is 0 Å².